The number of para-hydroxylation sites is 2. The van der Waals surface area contributed by atoms with Crippen molar-refractivity contribution in [2.75, 3.05) is 37.6 Å². The Bertz CT molecular complexity index is 914. The maximum absolute atomic E-state index is 12.3. The van der Waals surface area contributed by atoms with E-state index < -0.39 is 24.4 Å². The van der Waals surface area contributed by atoms with Crippen molar-refractivity contribution in [3.8, 4) is 11.5 Å². The van der Waals surface area contributed by atoms with Crippen molar-refractivity contribution in [3.05, 3.63) is 48.5 Å². The number of hydrogen-bond donors (Lipinski definition) is 1. The van der Waals surface area contributed by atoms with Gasteiger partial charge in [0.25, 0.3) is 5.91 Å². The number of nitrogens with one attached hydrogen (secondary N) is 1. The van der Waals surface area contributed by atoms with Crippen LogP contribution < -0.4 is 19.7 Å². The Hall–Kier alpha value is -3.55. The Kier molecular flexibility index (Phi) is 6.33. The lowest BCUT2D eigenvalue weighted by Gasteiger charge is -2.17. The predicted molar refractivity (Wildman–Crippen MR) is 106 cm³/mol. The van der Waals surface area contributed by atoms with Gasteiger partial charge in [0.05, 0.1) is 25.8 Å². The van der Waals surface area contributed by atoms with Crippen LogP contribution in [0.5, 0.6) is 11.5 Å². The minimum Gasteiger partial charge on any atom is -0.497 e. The fraction of sp³-hybridized carbons (Fsp3) is 0.286. The zero-order chi connectivity index (χ0) is 20.8. The summed E-state index contributed by atoms with van der Waals surface area (Å²) in [5.74, 6) is -0.765. The molecule has 3 rings (SSSR count). The van der Waals surface area contributed by atoms with E-state index in [1.165, 1.54) is 12.0 Å². The minimum absolute atomic E-state index is 0.0319. The van der Waals surface area contributed by atoms with Gasteiger partial charge in [0, 0.05) is 24.7 Å². The molecule has 1 atom stereocenters. The molecule has 0 bridgehead atoms. The van der Waals surface area contributed by atoms with Crippen LogP contribution in [0.4, 0.5) is 11.4 Å². The van der Waals surface area contributed by atoms with Gasteiger partial charge in [-0.3, -0.25) is 14.4 Å². The third-order valence-corrected chi connectivity index (χ3v) is 4.55. The summed E-state index contributed by atoms with van der Waals surface area (Å²) in [6.07, 6.45) is 0.0319. The van der Waals surface area contributed by atoms with Crippen molar-refractivity contribution in [3.63, 3.8) is 0 Å². The van der Waals surface area contributed by atoms with Crippen LogP contribution in [-0.4, -0.2) is 45.2 Å². The van der Waals surface area contributed by atoms with E-state index in [4.69, 9.17) is 14.2 Å². The molecule has 2 aromatic rings. The molecule has 0 spiro atoms. The molecule has 0 aliphatic carbocycles. The second-order valence-corrected chi connectivity index (χ2v) is 6.46. The number of carbonyl (C=O) groups is 3. The molecule has 2 amide bonds. The number of rotatable bonds is 7. The lowest BCUT2D eigenvalue weighted by Crippen LogP contribution is -2.28. The van der Waals surface area contributed by atoms with E-state index in [0.717, 1.165) is 0 Å². The number of carbonyl (C=O) groups excluding carboxylic acids is 3. The fourth-order valence-electron chi connectivity index (χ4n) is 3.08. The van der Waals surface area contributed by atoms with Gasteiger partial charge >= 0.3 is 5.97 Å². The number of anilines is 2. The standard InChI is InChI=1S/C21H22N2O6/c1-27-16-7-5-6-15(11-16)23-12-14(10-20(23)25)21(26)29-13-19(24)22-17-8-3-4-9-18(17)28-2/h3-9,11,14H,10,12-13H2,1-2H3,(H,22,24)/t14-/m1/s1. The molecule has 1 N–H and O–H groups in total. The predicted octanol–water partition coefficient (Wildman–Crippen LogP) is 2.24. The highest BCUT2D eigenvalue weighted by atomic mass is 16.5. The van der Waals surface area contributed by atoms with Gasteiger partial charge in [-0.25, -0.2) is 0 Å². The van der Waals surface area contributed by atoms with Crippen LogP contribution in [0.2, 0.25) is 0 Å². The van der Waals surface area contributed by atoms with E-state index >= 15 is 0 Å². The number of hydrogen-bond acceptors (Lipinski definition) is 6. The Labute approximate surface area is 168 Å². The van der Waals surface area contributed by atoms with Crippen LogP contribution in [0, 0.1) is 5.92 Å². The number of nitrogens with zero attached hydrogens (tertiary/aromatic N) is 1. The van der Waals surface area contributed by atoms with E-state index in [1.54, 1.807) is 55.6 Å². The molecule has 1 fully saturated rings. The summed E-state index contributed by atoms with van der Waals surface area (Å²) in [7, 11) is 3.04. The Balaban J connectivity index is 1.54. The Morgan fingerprint density at radius 1 is 1.10 bits per heavy atom. The molecule has 8 nitrogen and oxygen atoms in total. The molecule has 0 radical (unpaired) electrons. The third kappa shape index (κ3) is 4.84. The van der Waals surface area contributed by atoms with Gasteiger partial charge in [0.2, 0.25) is 5.91 Å². The van der Waals surface area contributed by atoms with E-state index in [9.17, 15) is 14.4 Å². The van der Waals surface area contributed by atoms with Crippen molar-refractivity contribution in [1.82, 2.24) is 0 Å². The van der Waals surface area contributed by atoms with Gasteiger partial charge in [0.15, 0.2) is 6.61 Å². The first-order valence-electron chi connectivity index (χ1n) is 9.05. The van der Waals surface area contributed by atoms with Gasteiger partial charge in [-0.2, -0.15) is 0 Å². The van der Waals surface area contributed by atoms with Crippen molar-refractivity contribution in [2.45, 2.75) is 6.42 Å². The summed E-state index contributed by atoms with van der Waals surface area (Å²) in [5.41, 5.74) is 1.13. The van der Waals surface area contributed by atoms with E-state index in [2.05, 4.69) is 5.32 Å². The van der Waals surface area contributed by atoms with Gasteiger partial charge in [0.1, 0.15) is 11.5 Å². The normalized spacial score (nSPS) is 15.7. The summed E-state index contributed by atoms with van der Waals surface area (Å²) < 4.78 is 15.4. The lowest BCUT2D eigenvalue weighted by atomic mass is 10.1. The molecule has 2 aromatic carbocycles. The monoisotopic (exact) mass is 398 g/mol. The average molecular weight is 398 g/mol. The van der Waals surface area contributed by atoms with Crippen LogP contribution >= 0.6 is 0 Å². The summed E-state index contributed by atoms with van der Waals surface area (Å²) in [6.45, 7) is -0.250. The van der Waals surface area contributed by atoms with E-state index in [0.29, 0.717) is 22.9 Å². The van der Waals surface area contributed by atoms with Crippen LogP contribution in [0.3, 0.4) is 0 Å². The summed E-state index contributed by atoms with van der Waals surface area (Å²) in [4.78, 5) is 38.3. The second kappa shape index (κ2) is 9.09. The highest BCUT2D eigenvalue weighted by Crippen LogP contribution is 2.28. The van der Waals surface area contributed by atoms with Crippen LogP contribution in [-0.2, 0) is 19.1 Å². The van der Waals surface area contributed by atoms with E-state index in [1.807, 2.05) is 0 Å². The first-order valence-corrected chi connectivity index (χ1v) is 9.05. The highest BCUT2D eigenvalue weighted by molar-refractivity contribution is 6.00. The van der Waals surface area contributed by atoms with Crippen LogP contribution in [0.25, 0.3) is 0 Å². The highest BCUT2D eigenvalue weighted by Gasteiger charge is 2.36. The van der Waals surface area contributed by atoms with Gasteiger partial charge in [-0.1, -0.05) is 18.2 Å². The molecule has 8 heteroatoms. The summed E-state index contributed by atoms with van der Waals surface area (Å²) >= 11 is 0. The number of esters is 1. The van der Waals surface area contributed by atoms with Gasteiger partial charge in [-0.05, 0) is 24.3 Å². The molecule has 0 unspecified atom stereocenters. The molecular weight excluding hydrogens is 376 g/mol. The fourth-order valence-corrected chi connectivity index (χ4v) is 3.08. The number of benzene rings is 2. The quantitative estimate of drug-likeness (QED) is 0.719. The average Bonchev–Trinajstić information content (AvgIpc) is 3.14. The molecule has 152 valence electrons. The zero-order valence-corrected chi connectivity index (χ0v) is 16.2. The van der Waals surface area contributed by atoms with Crippen LogP contribution in [0.15, 0.2) is 48.5 Å². The lowest BCUT2D eigenvalue weighted by molar-refractivity contribution is -0.151. The first kappa shape index (κ1) is 20.2. The maximum atomic E-state index is 12.3. The van der Waals surface area contributed by atoms with E-state index in [-0.39, 0.29) is 18.9 Å². The molecule has 1 heterocycles. The molecule has 29 heavy (non-hydrogen) atoms. The Morgan fingerprint density at radius 2 is 1.90 bits per heavy atom. The summed E-state index contributed by atoms with van der Waals surface area (Å²) in [5, 5.41) is 2.63. The van der Waals surface area contributed by atoms with Gasteiger partial charge in [-0.15, -0.1) is 0 Å². The number of amides is 2. The molecule has 1 aliphatic heterocycles. The topological polar surface area (TPSA) is 94.2 Å². The smallest absolute Gasteiger partial charge is 0.311 e. The second-order valence-electron chi connectivity index (χ2n) is 6.46. The molecule has 1 saturated heterocycles. The molecule has 0 saturated carbocycles. The first-order chi connectivity index (χ1) is 14.0. The van der Waals surface area contributed by atoms with Crippen LogP contribution in [0.1, 0.15) is 6.42 Å². The van der Waals surface area contributed by atoms with Gasteiger partial charge < -0.3 is 24.4 Å². The summed E-state index contributed by atoms with van der Waals surface area (Å²) in [6, 6.07) is 14.0. The molecule has 1 aliphatic rings. The number of ether oxygens (including phenoxy) is 3. The zero-order valence-electron chi connectivity index (χ0n) is 16.2. The maximum Gasteiger partial charge on any atom is 0.311 e. The minimum atomic E-state index is -0.632. The SMILES string of the molecule is COc1cccc(N2C[C@H](C(=O)OCC(=O)Nc3ccccc3OC)CC2=O)c1. The number of methoxy groups -OCH3 is 2. The Morgan fingerprint density at radius 3 is 2.66 bits per heavy atom. The molecule has 0 aromatic heterocycles. The van der Waals surface area contributed by atoms with Crippen molar-refractivity contribution in [1.29, 1.82) is 0 Å². The third-order valence-electron chi connectivity index (χ3n) is 4.55. The van der Waals surface area contributed by atoms with Crippen molar-refractivity contribution < 1.29 is 28.6 Å². The largest absolute Gasteiger partial charge is 0.497 e. The van der Waals surface area contributed by atoms with Crippen molar-refractivity contribution in [2.24, 2.45) is 5.92 Å². The van der Waals surface area contributed by atoms with Crippen molar-refractivity contribution >= 4 is 29.2 Å². The molecular formula is C21H22N2O6.